The largest absolute Gasteiger partial charge is 0.477 e. The number of nitrogens with zero attached hydrogens (tertiary/aromatic N) is 2. The number of nitrogens with one attached hydrogen (secondary N) is 1. The van der Waals surface area contributed by atoms with Gasteiger partial charge < -0.3 is 15.8 Å². The van der Waals surface area contributed by atoms with Crippen LogP contribution < -0.4 is 15.8 Å². The number of anilines is 1. The highest BCUT2D eigenvalue weighted by atomic mass is 16.5. The van der Waals surface area contributed by atoms with Crippen molar-refractivity contribution >= 4 is 5.82 Å². The third kappa shape index (κ3) is 5.82. The Kier molecular flexibility index (Phi) is 7.10. The van der Waals surface area contributed by atoms with Gasteiger partial charge in [-0.15, -0.1) is 0 Å². The molecule has 5 heteroatoms. The maximum absolute atomic E-state index is 5.57. The van der Waals surface area contributed by atoms with Gasteiger partial charge in [0.05, 0.1) is 19.0 Å². The van der Waals surface area contributed by atoms with Gasteiger partial charge >= 0.3 is 0 Å². The Morgan fingerprint density at radius 1 is 1.44 bits per heavy atom. The minimum atomic E-state index is 0.581. The first kappa shape index (κ1) is 14.7. The van der Waals surface area contributed by atoms with E-state index in [4.69, 9.17) is 10.5 Å². The van der Waals surface area contributed by atoms with Gasteiger partial charge in [-0.2, -0.15) is 4.98 Å². The van der Waals surface area contributed by atoms with Crippen LogP contribution in [0, 0.1) is 5.92 Å². The first-order valence-corrected chi connectivity index (χ1v) is 6.65. The smallest absolute Gasteiger partial charge is 0.234 e. The molecular formula is C13H24N4O. The number of nitrogens with two attached hydrogens (primary N) is 1. The fraction of sp³-hybridized carbons (Fsp3) is 0.692. The predicted octanol–water partition coefficient (Wildman–Crippen LogP) is 2.05. The molecule has 0 bridgehead atoms. The molecule has 1 heterocycles. The van der Waals surface area contributed by atoms with Crippen molar-refractivity contribution in [1.82, 2.24) is 9.97 Å². The number of rotatable bonds is 9. The molecule has 1 aromatic rings. The van der Waals surface area contributed by atoms with Crippen molar-refractivity contribution in [2.75, 3.05) is 25.0 Å². The zero-order valence-electron chi connectivity index (χ0n) is 11.4. The Morgan fingerprint density at radius 2 is 2.28 bits per heavy atom. The second-order valence-electron chi connectivity index (χ2n) is 4.50. The molecule has 0 aliphatic carbocycles. The summed E-state index contributed by atoms with van der Waals surface area (Å²) in [7, 11) is 0. The molecule has 102 valence electrons. The molecule has 0 aromatic carbocycles. The fourth-order valence-corrected chi connectivity index (χ4v) is 1.49. The summed E-state index contributed by atoms with van der Waals surface area (Å²) in [5.41, 5.74) is 5.57. The SMILES string of the molecule is CCCOc1cncc(NCCCC(C)CN)n1. The molecule has 0 aliphatic heterocycles. The normalized spacial score (nSPS) is 12.2. The van der Waals surface area contributed by atoms with Crippen LogP contribution in [0.25, 0.3) is 0 Å². The maximum atomic E-state index is 5.57. The number of ether oxygens (including phenoxy) is 1. The van der Waals surface area contributed by atoms with Gasteiger partial charge in [0, 0.05) is 6.54 Å². The summed E-state index contributed by atoms with van der Waals surface area (Å²) < 4.78 is 5.43. The molecule has 5 nitrogen and oxygen atoms in total. The van der Waals surface area contributed by atoms with E-state index in [0.717, 1.165) is 38.2 Å². The van der Waals surface area contributed by atoms with Crippen LogP contribution in [0.1, 0.15) is 33.1 Å². The minimum absolute atomic E-state index is 0.581. The van der Waals surface area contributed by atoms with Crippen molar-refractivity contribution in [3.8, 4) is 5.88 Å². The lowest BCUT2D eigenvalue weighted by molar-refractivity contribution is 0.304. The number of hydrogen-bond donors (Lipinski definition) is 2. The third-order valence-corrected chi connectivity index (χ3v) is 2.65. The quantitative estimate of drug-likeness (QED) is 0.658. The molecule has 0 saturated heterocycles. The van der Waals surface area contributed by atoms with Crippen LogP contribution in [0.2, 0.25) is 0 Å². The molecule has 0 spiro atoms. The second-order valence-corrected chi connectivity index (χ2v) is 4.50. The zero-order chi connectivity index (χ0) is 13.2. The lowest BCUT2D eigenvalue weighted by atomic mass is 10.1. The van der Waals surface area contributed by atoms with Gasteiger partial charge in [-0.3, -0.25) is 4.98 Å². The van der Waals surface area contributed by atoms with E-state index < -0.39 is 0 Å². The van der Waals surface area contributed by atoms with Crippen molar-refractivity contribution in [3.05, 3.63) is 12.4 Å². The van der Waals surface area contributed by atoms with E-state index in [0.29, 0.717) is 18.4 Å². The molecule has 1 aromatic heterocycles. The van der Waals surface area contributed by atoms with E-state index >= 15 is 0 Å². The Morgan fingerprint density at radius 3 is 3.00 bits per heavy atom. The van der Waals surface area contributed by atoms with Crippen LogP contribution in [0.15, 0.2) is 12.4 Å². The van der Waals surface area contributed by atoms with Crippen molar-refractivity contribution < 1.29 is 4.74 Å². The predicted molar refractivity (Wildman–Crippen MR) is 73.8 cm³/mol. The van der Waals surface area contributed by atoms with Crippen LogP contribution in [0.4, 0.5) is 5.82 Å². The van der Waals surface area contributed by atoms with Crippen molar-refractivity contribution in [2.45, 2.75) is 33.1 Å². The zero-order valence-corrected chi connectivity index (χ0v) is 11.4. The Labute approximate surface area is 109 Å². The van der Waals surface area contributed by atoms with Crippen LogP contribution in [-0.2, 0) is 0 Å². The summed E-state index contributed by atoms with van der Waals surface area (Å²) in [5, 5.41) is 3.25. The summed E-state index contributed by atoms with van der Waals surface area (Å²) >= 11 is 0. The lowest BCUT2D eigenvalue weighted by Crippen LogP contribution is -2.12. The Bertz CT molecular complexity index is 333. The Hall–Kier alpha value is -1.36. The molecule has 18 heavy (non-hydrogen) atoms. The first-order valence-electron chi connectivity index (χ1n) is 6.65. The van der Waals surface area contributed by atoms with E-state index in [1.54, 1.807) is 12.4 Å². The molecule has 1 unspecified atom stereocenters. The van der Waals surface area contributed by atoms with E-state index in [1.807, 2.05) is 0 Å². The van der Waals surface area contributed by atoms with Gasteiger partial charge in [0.1, 0.15) is 5.82 Å². The highest BCUT2D eigenvalue weighted by Gasteiger charge is 2.01. The average Bonchev–Trinajstić information content (AvgIpc) is 2.41. The topological polar surface area (TPSA) is 73.1 Å². The maximum Gasteiger partial charge on any atom is 0.234 e. The molecule has 0 fully saturated rings. The van der Waals surface area contributed by atoms with Crippen LogP contribution >= 0.6 is 0 Å². The highest BCUT2D eigenvalue weighted by Crippen LogP contribution is 2.10. The first-order chi connectivity index (χ1) is 8.76. The summed E-state index contributed by atoms with van der Waals surface area (Å²) in [4.78, 5) is 8.42. The van der Waals surface area contributed by atoms with Gasteiger partial charge in [0.25, 0.3) is 0 Å². The molecule has 0 amide bonds. The third-order valence-electron chi connectivity index (χ3n) is 2.65. The van der Waals surface area contributed by atoms with E-state index in [2.05, 4.69) is 29.1 Å². The number of hydrogen-bond acceptors (Lipinski definition) is 5. The van der Waals surface area contributed by atoms with Crippen molar-refractivity contribution in [2.24, 2.45) is 11.7 Å². The van der Waals surface area contributed by atoms with Gasteiger partial charge in [-0.05, 0) is 31.7 Å². The minimum Gasteiger partial charge on any atom is -0.477 e. The molecule has 0 radical (unpaired) electrons. The van der Waals surface area contributed by atoms with E-state index in [9.17, 15) is 0 Å². The van der Waals surface area contributed by atoms with Gasteiger partial charge in [-0.25, -0.2) is 0 Å². The van der Waals surface area contributed by atoms with Crippen LogP contribution in [0.3, 0.4) is 0 Å². The Balaban J connectivity index is 2.29. The monoisotopic (exact) mass is 252 g/mol. The number of aromatic nitrogens is 2. The van der Waals surface area contributed by atoms with Gasteiger partial charge in [-0.1, -0.05) is 13.8 Å². The van der Waals surface area contributed by atoms with Crippen molar-refractivity contribution in [1.29, 1.82) is 0 Å². The molecule has 3 N–H and O–H groups in total. The average molecular weight is 252 g/mol. The molecule has 1 atom stereocenters. The molecular weight excluding hydrogens is 228 g/mol. The standard InChI is InChI=1S/C13H24N4O/c1-3-7-18-13-10-15-9-12(17-13)16-6-4-5-11(2)8-14/h9-11H,3-8,14H2,1-2H3,(H,16,17). The summed E-state index contributed by atoms with van der Waals surface area (Å²) in [6.45, 7) is 6.54. The summed E-state index contributed by atoms with van der Waals surface area (Å²) in [6, 6.07) is 0. The molecule has 0 aliphatic rings. The summed E-state index contributed by atoms with van der Waals surface area (Å²) in [6.07, 6.45) is 6.53. The molecule has 1 rings (SSSR count). The van der Waals surface area contributed by atoms with E-state index in [1.165, 1.54) is 0 Å². The fourth-order valence-electron chi connectivity index (χ4n) is 1.49. The van der Waals surface area contributed by atoms with Gasteiger partial charge in [0.2, 0.25) is 5.88 Å². The summed E-state index contributed by atoms with van der Waals surface area (Å²) in [5.74, 6) is 1.93. The van der Waals surface area contributed by atoms with Crippen molar-refractivity contribution in [3.63, 3.8) is 0 Å². The highest BCUT2D eigenvalue weighted by molar-refractivity contribution is 5.32. The van der Waals surface area contributed by atoms with E-state index in [-0.39, 0.29) is 0 Å². The second kappa shape index (κ2) is 8.69. The molecule has 0 saturated carbocycles. The van der Waals surface area contributed by atoms with Crippen LogP contribution in [-0.4, -0.2) is 29.7 Å². The lowest BCUT2D eigenvalue weighted by Gasteiger charge is -2.09. The van der Waals surface area contributed by atoms with Crippen LogP contribution in [0.5, 0.6) is 5.88 Å². The van der Waals surface area contributed by atoms with Gasteiger partial charge in [0.15, 0.2) is 0 Å².